The molecular formula is C26H42BrN5O3. The molecule has 1 atom stereocenters. The van der Waals surface area contributed by atoms with E-state index in [0.29, 0.717) is 6.04 Å². The Hall–Kier alpha value is -1.32. The van der Waals surface area contributed by atoms with Crippen molar-refractivity contribution in [3.05, 3.63) is 10.7 Å². The molecule has 196 valence electrons. The Labute approximate surface area is 218 Å². The highest BCUT2D eigenvalue weighted by Crippen LogP contribution is 2.54. The first-order valence-electron chi connectivity index (χ1n) is 13.2. The van der Waals surface area contributed by atoms with Crippen LogP contribution in [0, 0.1) is 11.3 Å². The number of anilines is 1. The van der Waals surface area contributed by atoms with Gasteiger partial charge < -0.3 is 19.3 Å². The fraction of sp³-hybridized carbons (Fsp3) is 0.846. The number of likely N-dealkylation sites (tertiary alicyclic amines) is 1. The van der Waals surface area contributed by atoms with Gasteiger partial charge in [-0.3, -0.25) is 9.58 Å². The lowest BCUT2D eigenvalue weighted by molar-refractivity contribution is -0.0927. The number of nitrogens with zero attached hydrogens (tertiary/aromatic N) is 5. The maximum Gasteiger partial charge on any atom is 0.410 e. The number of ether oxygens (including phenoxy) is 2. The number of carbonyl (C=O) groups is 1. The minimum atomic E-state index is -0.440. The second-order valence-electron chi connectivity index (χ2n) is 12.9. The van der Waals surface area contributed by atoms with E-state index < -0.39 is 5.60 Å². The Morgan fingerprint density at radius 2 is 1.86 bits per heavy atom. The molecule has 9 heteroatoms. The average molecular weight is 553 g/mol. The van der Waals surface area contributed by atoms with Crippen LogP contribution in [0.3, 0.4) is 0 Å². The van der Waals surface area contributed by atoms with E-state index in [-0.39, 0.29) is 17.0 Å². The van der Waals surface area contributed by atoms with Crippen LogP contribution in [0.4, 0.5) is 10.6 Å². The number of morpholine rings is 1. The van der Waals surface area contributed by atoms with Gasteiger partial charge in [-0.25, -0.2) is 4.79 Å². The van der Waals surface area contributed by atoms with Crippen LogP contribution < -0.4 is 4.90 Å². The van der Waals surface area contributed by atoms with Crippen molar-refractivity contribution in [3.63, 3.8) is 0 Å². The molecule has 0 N–H and O–H groups in total. The molecule has 0 radical (unpaired) electrons. The maximum absolute atomic E-state index is 12.3. The van der Waals surface area contributed by atoms with Gasteiger partial charge in [0.1, 0.15) is 5.60 Å². The summed E-state index contributed by atoms with van der Waals surface area (Å²) in [6.07, 6.45) is 6.50. The van der Waals surface area contributed by atoms with Crippen molar-refractivity contribution in [2.45, 2.75) is 77.5 Å². The number of aromatic nitrogens is 2. The van der Waals surface area contributed by atoms with Gasteiger partial charge in [0.15, 0.2) is 5.82 Å². The van der Waals surface area contributed by atoms with Gasteiger partial charge in [0, 0.05) is 56.4 Å². The van der Waals surface area contributed by atoms with E-state index in [9.17, 15) is 4.79 Å². The number of amides is 1. The molecule has 0 bridgehead atoms. The molecule has 1 saturated carbocycles. The van der Waals surface area contributed by atoms with Gasteiger partial charge in [-0.2, -0.15) is 5.10 Å². The fourth-order valence-electron chi connectivity index (χ4n) is 6.56. The third-order valence-corrected chi connectivity index (χ3v) is 8.80. The number of rotatable bonds is 4. The van der Waals surface area contributed by atoms with Gasteiger partial charge in [-0.05, 0) is 82.1 Å². The van der Waals surface area contributed by atoms with Crippen LogP contribution in [0.15, 0.2) is 10.7 Å². The van der Waals surface area contributed by atoms with Crippen LogP contribution in [-0.2, 0) is 9.47 Å². The molecule has 3 aliphatic heterocycles. The Bertz CT molecular complexity index is 922. The molecule has 1 aromatic rings. The maximum atomic E-state index is 12.3. The Morgan fingerprint density at radius 3 is 2.49 bits per heavy atom. The number of halogens is 1. The lowest BCUT2D eigenvalue weighted by Crippen LogP contribution is -2.64. The molecule has 1 amide bonds. The summed E-state index contributed by atoms with van der Waals surface area (Å²) in [5, 5.41) is 5.08. The minimum Gasteiger partial charge on any atom is -0.444 e. The number of carbonyl (C=O) groups excluding carboxylic acids is 1. The predicted molar refractivity (Wildman–Crippen MR) is 140 cm³/mol. The summed E-state index contributed by atoms with van der Waals surface area (Å²) in [7, 11) is 0. The molecule has 1 aliphatic carbocycles. The lowest BCUT2D eigenvalue weighted by Gasteiger charge is -2.58. The molecule has 35 heavy (non-hydrogen) atoms. The molecule has 3 saturated heterocycles. The Morgan fingerprint density at radius 1 is 1.17 bits per heavy atom. The largest absolute Gasteiger partial charge is 0.444 e. The van der Waals surface area contributed by atoms with Gasteiger partial charge in [-0.15, -0.1) is 0 Å². The van der Waals surface area contributed by atoms with E-state index >= 15 is 0 Å². The first-order chi connectivity index (χ1) is 16.4. The van der Waals surface area contributed by atoms with Gasteiger partial charge in [0.2, 0.25) is 0 Å². The second kappa shape index (κ2) is 9.21. The van der Waals surface area contributed by atoms with E-state index in [0.717, 1.165) is 75.0 Å². The number of hydrogen-bond acceptors (Lipinski definition) is 6. The van der Waals surface area contributed by atoms with Gasteiger partial charge in [-0.1, -0.05) is 0 Å². The summed E-state index contributed by atoms with van der Waals surface area (Å²) < 4.78 is 14.3. The van der Waals surface area contributed by atoms with Gasteiger partial charge >= 0.3 is 6.09 Å². The molecule has 0 aromatic carbocycles. The zero-order chi connectivity index (χ0) is 25.0. The van der Waals surface area contributed by atoms with E-state index in [4.69, 9.17) is 14.6 Å². The van der Waals surface area contributed by atoms with Crippen molar-refractivity contribution in [1.82, 2.24) is 19.6 Å². The van der Waals surface area contributed by atoms with Gasteiger partial charge in [0.05, 0.1) is 23.7 Å². The first kappa shape index (κ1) is 25.3. The highest BCUT2D eigenvalue weighted by molar-refractivity contribution is 9.10. The summed E-state index contributed by atoms with van der Waals surface area (Å²) in [5.74, 6) is 1.79. The molecule has 4 aliphatic rings. The van der Waals surface area contributed by atoms with Crippen LogP contribution in [-0.4, -0.2) is 89.3 Å². The van der Waals surface area contributed by atoms with Crippen LogP contribution in [0.1, 0.15) is 66.3 Å². The molecule has 8 nitrogen and oxygen atoms in total. The molecule has 1 aromatic heterocycles. The third kappa shape index (κ3) is 5.37. The van der Waals surface area contributed by atoms with Crippen molar-refractivity contribution >= 4 is 27.8 Å². The molecular weight excluding hydrogens is 510 g/mol. The third-order valence-electron chi connectivity index (χ3n) is 8.24. The van der Waals surface area contributed by atoms with E-state index in [2.05, 4.69) is 50.5 Å². The summed E-state index contributed by atoms with van der Waals surface area (Å²) in [6, 6.07) is 0.405. The first-order valence-corrected chi connectivity index (χ1v) is 14.0. The fourth-order valence-corrected chi connectivity index (χ4v) is 7.07. The summed E-state index contributed by atoms with van der Waals surface area (Å²) in [4.78, 5) is 19.2. The zero-order valence-corrected chi connectivity index (χ0v) is 23.6. The normalized spacial score (nSPS) is 27.0. The predicted octanol–water partition coefficient (Wildman–Crippen LogP) is 4.54. The average Bonchev–Trinajstić information content (AvgIpc) is 3.05. The molecule has 5 rings (SSSR count). The monoisotopic (exact) mass is 551 g/mol. The quantitative estimate of drug-likeness (QED) is 0.547. The molecule has 4 heterocycles. The molecule has 4 fully saturated rings. The van der Waals surface area contributed by atoms with Crippen molar-refractivity contribution in [1.29, 1.82) is 0 Å². The number of hydrogen-bond donors (Lipinski definition) is 0. The van der Waals surface area contributed by atoms with Crippen LogP contribution in [0.25, 0.3) is 0 Å². The summed E-state index contributed by atoms with van der Waals surface area (Å²) >= 11 is 3.82. The van der Waals surface area contributed by atoms with Crippen molar-refractivity contribution in [3.8, 4) is 0 Å². The summed E-state index contributed by atoms with van der Waals surface area (Å²) in [5.41, 5.74) is -0.124. The van der Waals surface area contributed by atoms with Crippen LogP contribution in [0.5, 0.6) is 0 Å². The minimum absolute atomic E-state index is 0.0691. The second-order valence-corrected chi connectivity index (χ2v) is 13.8. The number of piperidine rings is 1. The van der Waals surface area contributed by atoms with E-state index in [1.165, 1.54) is 19.4 Å². The molecule has 0 unspecified atom stereocenters. The SMILES string of the molecule is CC(C)(C)OC(=O)N1CC2(CC(n3cc(Br)c(N4CC[C@@H](CN5CCOCC5)CC4(C)C)n3)C2)C1. The highest BCUT2D eigenvalue weighted by Gasteiger charge is 2.55. The standard InChI is InChI=1S/C26H42BrN5O3/c1-24(2,3)35-23(33)30-17-26(18-30)13-20(14-26)32-16-21(27)22(28-32)31-7-6-19(12-25(31,4)5)15-29-8-10-34-11-9-29/h16,19-20H,6-15,17-18H2,1-5H3/t19-/m1/s1. The van der Waals surface area contributed by atoms with Crippen molar-refractivity contribution in [2.24, 2.45) is 11.3 Å². The Kier molecular flexibility index (Phi) is 6.67. The van der Waals surface area contributed by atoms with E-state index in [1.54, 1.807) is 0 Å². The van der Waals surface area contributed by atoms with Crippen LogP contribution in [0.2, 0.25) is 0 Å². The smallest absolute Gasteiger partial charge is 0.410 e. The van der Waals surface area contributed by atoms with Gasteiger partial charge in [0.25, 0.3) is 0 Å². The highest BCUT2D eigenvalue weighted by atomic mass is 79.9. The summed E-state index contributed by atoms with van der Waals surface area (Å²) in [6.45, 7) is 18.2. The van der Waals surface area contributed by atoms with Crippen molar-refractivity contribution < 1.29 is 14.3 Å². The Balaban J connectivity index is 1.15. The van der Waals surface area contributed by atoms with E-state index in [1.807, 2.05) is 25.7 Å². The van der Waals surface area contributed by atoms with Crippen LogP contribution >= 0.6 is 15.9 Å². The zero-order valence-electron chi connectivity index (χ0n) is 22.1. The topological polar surface area (TPSA) is 63.1 Å². The van der Waals surface area contributed by atoms with Crippen molar-refractivity contribution in [2.75, 3.05) is 57.4 Å². The lowest BCUT2D eigenvalue weighted by atomic mass is 9.61. The molecule has 1 spiro atoms.